The molecule has 4 rings (SSSR count). The number of carbonyl (C=O) groups is 1. The van der Waals surface area contributed by atoms with Crippen LogP contribution in [0.4, 0.5) is 17.6 Å². The fourth-order valence-electron chi connectivity index (χ4n) is 4.04. The number of rotatable bonds is 5. The predicted octanol–water partition coefficient (Wildman–Crippen LogP) is 1.02. The molecule has 0 radical (unpaired) electrons. The molecule has 0 unspecified atom stereocenters. The smallest absolute Gasteiger partial charge is 0.309 e. The number of carboxylic acids is 1. The van der Waals surface area contributed by atoms with Crippen LogP contribution in [0.25, 0.3) is 0 Å². The van der Waals surface area contributed by atoms with Crippen LogP contribution in [0.3, 0.4) is 0 Å². The van der Waals surface area contributed by atoms with Gasteiger partial charge < -0.3 is 25.4 Å². The molecule has 0 amide bonds. The number of aliphatic carboxylic acids is 1. The lowest BCUT2D eigenvalue weighted by Crippen LogP contribution is -2.42. The zero-order valence-corrected chi connectivity index (χ0v) is 16.5. The zero-order valence-electron chi connectivity index (χ0n) is 16.5. The number of aromatic amines is 1. The Kier molecular flexibility index (Phi) is 5.52. The Morgan fingerprint density at radius 1 is 1.24 bits per heavy atom. The zero-order chi connectivity index (χ0) is 20.4. The monoisotopic (exact) mass is 401 g/mol. The summed E-state index contributed by atoms with van der Waals surface area (Å²) in [5.74, 6) is 1.42. The minimum absolute atomic E-state index is 0.0327. The van der Waals surface area contributed by atoms with E-state index in [1.807, 2.05) is 12.1 Å². The number of morpholine rings is 1. The van der Waals surface area contributed by atoms with Crippen molar-refractivity contribution in [1.82, 2.24) is 20.2 Å². The second-order valence-electron chi connectivity index (χ2n) is 7.72. The van der Waals surface area contributed by atoms with Crippen molar-refractivity contribution in [2.75, 3.05) is 48.3 Å². The average molecular weight is 401 g/mol. The minimum Gasteiger partial charge on any atom is -0.481 e. The second kappa shape index (κ2) is 8.24. The maximum absolute atomic E-state index is 10.9. The van der Waals surface area contributed by atoms with Crippen molar-refractivity contribution in [3.63, 3.8) is 0 Å². The van der Waals surface area contributed by atoms with E-state index in [0.717, 1.165) is 56.4 Å². The van der Waals surface area contributed by atoms with Gasteiger partial charge in [-0.3, -0.25) is 9.89 Å². The highest BCUT2D eigenvalue weighted by molar-refractivity contribution is 5.69. The maximum Gasteiger partial charge on any atom is 0.309 e. The van der Waals surface area contributed by atoms with Crippen LogP contribution in [0.15, 0.2) is 12.1 Å². The summed E-state index contributed by atoms with van der Waals surface area (Å²) in [4.78, 5) is 24.2. The first-order chi connectivity index (χ1) is 14.0. The molecule has 10 nitrogen and oxygen atoms in total. The lowest BCUT2D eigenvalue weighted by atomic mass is 9.93. The number of carboxylic acid groups (broad SMARTS) is 1. The van der Waals surface area contributed by atoms with Crippen LogP contribution in [0.2, 0.25) is 0 Å². The first kappa shape index (κ1) is 19.4. The van der Waals surface area contributed by atoms with Gasteiger partial charge in [0.05, 0.1) is 24.8 Å². The number of H-pyrrole nitrogens is 1. The number of anilines is 3. The summed E-state index contributed by atoms with van der Waals surface area (Å²) in [6.07, 6.45) is 1.98. The molecule has 0 saturated carbocycles. The van der Waals surface area contributed by atoms with Crippen LogP contribution in [-0.2, 0) is 16.0 Å². The molecule has 10 heteroatoms. The number of aromatic nitrogens is 4. The van der Waals surface area contributed by atoms with Gasteiger partial charge in [0.25, 0.3) is 0 Å². The molecule has 0 aliphatic carbocycles. The van der Waals surface area contributed by atoms with Crippen LogP contribution in [0.5, 0.6) is 0 Å². The van der Waals surface area contributed by atoms with Crippen molar-refractivity contribution in [3.8, 4) is 0 Å². The van der Waals surface area contributed by atoms with Crippen molar-refractivity contribution in [2.45, 2.75) is 38.2 Å². The number of ether oxygens (including phenoxy) is 1. The van der Waals surface area contributed by atoms with Gasteiger partial charge >= 0.3 is 5.97 Å². The maximum atomic E-state index is 10.9. The molecule has 0 spiro atoms. The third-order valence-corrected chi connectivity index (χ3v) is 5.51. The SMILES string of the molecule is C[C@@H]1CN(c2cc(N3CCC(c4cc(CC(=O)O)[nH]n4)CC3)nc(N)n2)CCO1. The third kappa shape index (κ3) is 4.58. The topological polar surface area (TPSA) is 133 Å². The predicted molar refractivity (Wildman–Crippen MR) is 108 cm³/mol. The van der Waals surface area contributed by atoms with Gasteiger partial charge in [0.1, 0.15) is 11.6 Å². The highest BCUT2D eigenvalue weighted by Gasteiger charge is 2.25. The van der Waals surface area contributed by atoms with Crippen molar-refractivity contribution >= 4 is 23.6 Å². The van der Waals surface area contributed by atoms with Crippen LogP contribution >= 0.6 is 0 Å². The van der Waals surface area contributed by atoms with E-state index >= 15 is 0 Å². The largest absolute Gasteiger partial charge is 0.481 e. The van der Waals surface area contributed by atoms with Gasteiger partial charge in [0, 0.05) is 43.9 Å². The summed E-state index contributed by atoms with van der Waals surface area (Å²) in [6.45, 7) is 5.98. The van der Waals surface area contributed by atoms with Crippen molar-refractivity contribution < 1.29 is 14.6 Å². The number of nitrogens with zero attached hydrogens (tertiary/aromatic N) is 5. The fourth-order valence-corrected chi connectivity index (χ4v) is 4.04. The lowest BCUT2D eigenvalue weighted by molar-refractivity contribution is -0.136. The summed E-state index contributed by atoms with van der Waals surface area (Å²) in [5.41, 5.74) is 7.58. The first-order valence-electron chi connectivity index (χ1n) is 10.00. The number of nitrogens with one attached hydrogen (secondary N) is 1. The molecule has 4 N–H and O–H groups in total. The first-order valence-corrected chi connectivity index (χ1v) is 10.00. The second-order valence-corrected chi connectivity index (χ2v) is 7.72. The molecule has 2 fully saturated rings. The molecule has 0 aromatic carbocycles. The number of hydrogen-bond acceptors (Lipinski definition) is 8. The van der Waals surface area contributed by atoms with E-state index in [4.69, 9.17) is 15.6 Å². The summed E-state index contributed by atoms with van der Waals surface area (Å²) >= 11 is 0. The van der Waals surface area contributed by atoms with Crippen molar-refractivity contribution in [2.24, 2.45) is 0 Å². The molecule has 1 atom stereocenters. The number of piperidine rings is 1. The summed E-state index contributed by atoms with van der Waals surface area (Å²) in [6, 6.07) is 3.88. The van der Waals surface area contributed by atoms with Gasteiger partial charge in [-0.05, 0) is 25.8 Å². The molecule has 156 valence electrons. The van der Waals surface area contributed by atoms with Gasteiger partial charge in [-0.15, -0.1) is 0 Å². The fraction of sp³-hybridized carbons (Fsp3) is 0.579. The van der Waals surface area contributed by atoms with Gasteiger partial charge in [-0.2, -0.15) is 15.1 Å². The highest BCUT2D eigenvalue weighted by atomic mass is 16.5. The minimum atomic E-state index is -0.859. The van der Waals surface area contributed by atoms with E-state index in [1.54, 1.807) is 0 Å². The normalized spacial score (nSPS) is 20.8. The van der Waals surface area contributed by atoms with Gasteiger partial charge in [0.15, 0.2) is 0 Å². The Morgan fingerprint density at radius 2 is 1.97 bits per heavy atom. The van der Waals surface area contributed by atoms with E-state index < -0.39 is 5.97 Å². The Labute approximate surface area is 169 Å². The Morgan fingerprint density at radius 3 is 2.66 bits per heavy atom. The molecular weight excluding hydrogens is 374 g/mol. The van der Waals surface area contributed by atoms with Gasteiger partial charge in [0.2, 0.25) is 5.95 Å². The standard InChI is InChI=1S/C19H27N7O3/c1-12-11-26(6-7-29-12)17-10-16(21-19(20)22-17)25-4-2-13(3-5-25)15-8-14(23-24-15)9-18(27)28/h8,10,12-13H,2-7,9,11H2,1H3,(H,23,24)(H,27,28)(H2,20,21,22)/t12-/m1/s1. The van der Waals surface area contributed by atoms with E-state index in [1.165, 1.54) is 0 Å². The van der Waals surface area contributed by atoms with Crippen molar-refractivity contribution in [3.05, 3.63) is 23.5 Å². The molecule has 29 heavy (non-hydrogen) atoms. The number of nitrogens with two attached hydrogens (primary N) is 1. The van der Waals surface area contributed by atoms with Crippen LogP contribution in [-0.4, -0.2) is 70.1 Å². The highest BCUT2D eigenvalue weighted by Crippen LogP contribution is 2.30. The molecular formula is C19H27N7O3. The lowest BCUT2D eigenvalue weighted by Gasteiger charge is -2.34. The van der Waals surface area contributed by atoms with Gasteiger partial charge in [-0.25, -0.2) is 0 Å². The summed E-state index contributed by atoms with van der Waals surface area (Å²) < 4.78 is 5.62. The van der Waals surface area contributed by atoms with E-state index in [9.17, 15) is 4.79 Å². The van der Waals surface area contributed by atoms with E-state index in [-0.39, 0.29) is 18.5 Å². The number of nitrogen functional groups attached to an aromatic ring is 1. The Bertz CT molecular complexity index is 863. The van der Waals surface area contributed by atoms with E-state index in [0.29, 0.717) is 18.2 Å². The Balaban J connectivity index is 1.42. The van der Waals surface area contributed by atoms with Crippen LogP contribution < -0.4 is 15.5 Å². The molecule has 4 heterocycles. The molecule has 2 aromatic rings. The van der Waals surface area contributed by atoms with Crippen LogP contribution in [0.1, 0.15) is 37.1 Å². The summed E-state index contributed by atoms with van der Waals surface area (Å²) in [5, 5.41) is 16.1. The van der Waals surface area contributed by atoms with Crippen LogP contribution in [0, 0.1) is 0 Å². The van der Waals surface area contributed by atoms with Crippen molar-refractivity contribution in [1.29, 1.82) is 0 Å². The number of hydrogen-bond donors (Lipinski definition) is 3. The molecule has 2 saturated heterocycles. The average Bonchev–Trinajstić information content (AvgIpc) is 3.15. The van der Waals surface area contributed by atoms with Gasteiger partial charge in [-0.1, -0.05) is 0 Å². The quantitative estimate of drug-likeness (QED) is 0.671. The molecule has 0 bridgehead atoms. The molecule has 2 aliphatic heterocycles. The third-order valence-electron chi connectivity index (χ3n) is 5.51. The molecule has 2 aliphatic rings. The Hall–Kier alpha value is -2.88. The summed E-state index contributed by atoms with van der Waals surface area (Å²) in [7, 11) is 0. The van der Waals surface area contributed by atoms with E-state index in [2.05, 4.69) is 36.9 Å². The molecule has 2 aromatic heterocycles.